The molecule has 0 aliphatic rings. The lowest BCUT2D eigenvalue weighted by Crippen LogP contribution is -2.29. The van der Waals surface area contributed by atoms with Crippen molar-refractivity contribution in [2.24, 2.45) is 5.92 Å². The monoisotopic (exact) mass is 217 g/mol. The molecule has 0 aliphatic heterocycles. The summed E-state index contributed by atoms with van der Waals surface area (Å²) in [7, 11) is 1.95. The van der Waals surface area contributed by atoms with E-state index in [1.54, 1.807) is 6.92 Å². The van der Waals surface area contributed by atoms with E-state index in [1.165, 1.54) is 0 Å². The van der Waals surface area contributed by atoms with Gasteiger partial charge in [-0.3, -0.25) is 4.79 Å². The molecule has 0 saturated heterocycles. The zero-order valence-electron chi connectivity index (χ0n) is 9.78. The maximum Gasteiger partial charge on any atom is 0.307 e. The average Bonchev–Trinajstić information content (AvgIpc) is 2.17. The Hall–Kier alpha value is -0.610. The van der Waals surface area contributed by atoms with Crippen molar-refractivity contribution in [2.75, 3.05) is 26.7 Å². The minimum Gasteiger partial charge on any atom is -0.481 e. The van der Waals surface area contributed by atoms with Gasteiger partial charge in [0.2, 0.25) is 0 Å². The molecule has 4 nitrogen and oxygen atoms in total. The molecule has 2 N–H and O–H groups in total. The highest BCUT2D eigenvalue weighted by Crippen LogP contribution is 2.03. The smallest absolute Gasteiger partial charge is 0.307 e. The second kappa shape index (κ2) is 8.68. The summed E-state index contributed by atoms with van der Waals surface area (Å²) in [6.45, 7) is 3.54. The number of rotatable bonds is 9. The predicted molar refractivity (Wildman–Crippen MR) is 59.9 cm³/mol. The van der Waals surface area contributed by atoms with Crippen LogP contribution in [0.15, 0.2) is 0 Å². The Bertz CT molecular complexity index is 173. The Morgan fingerprint density at radius 2 is 1.87 bits per heavy atom. The van der Waals surface area contributed by atoms with E-state index < -0.39 is 5.97 Å². The minimum absolute atomic E-state index is 0.270. The van der Waals surface area contributed by atoms with Crippen LogP contribution in [0, 0.1) is 5.92 Å². The Morgan fingerprint density at radius 1 is 1.27 bits per heavy atom. The molecule has 0 bridgehead atoms. The van der Waals surface area contributed by atoms with Crippen molar-refractivity contribution in [3.8, 4) is 0 Å². The van der Waals surface area contributed by atoms with Gasteiger partial charge in [-0.05, 0) is 26.4 Å². The summed E-state index contributed by atoms with van der Waals surface area (Å²) >= 11 is 0. The van der Waals surface area contributed by atoms with Crippen LogP contribution in [-0.2, 0) is 4.79 Å². The molecule has 4 heteroatoms. The summed E-state index contributed by atoms with van der Waals surface area (Å²) in [6.07, 6.45) is 4.10. The second-order valence-corrected chi connectivity index (χ2v) is 4.14. The van der Waals surface area contributed by atoms with E-state index in [9.17, 15) is 4.79 Å². The number of hydrogen-bond donors (Lipinski definition) is 2. The molecule has 15 heavy (non-hydrogen) atoms. The third-order valence-electron chi connectivity index (χ3n) is 2.46. The van der Waals surface area contributed by atoms with Crippen LogP contribution in [0.2, 0.25) is 0 Å². The van der Waals surface area contributed by atoms with E-state index in [0.29, 0.717) is 6.54 Å². The highest BCUT2D eigenvalue weighted by atomic mass is 16.4. The summed E-state index contributed by atoms with van der Waals surface area (Å²) < 4.78 is 0. The van der Waals surface area contributed by atoms with Crippen molar-refractivity contribution in [1.82, 2.24) is 4.90 Å². The lowest BCUT2D eigenvalue weighted by atomic mass is 10.1. The Kier molecular flexibility index (Phi) is 8.33. The first-order valence-corrected chi connectivity index (χ1v) is 5.60. The van der Waals surface area contributed by atoms with Crippen LogP contribution in [0.1, 0.15) is 32.6 Å². The molecule has 90 valence electrons. The zero-order chi connectivity index (χ0) is 11.7. The summed E-state index contributed by atoms with van der Waals surface area (Å²) in [4.78, 5) is 12.6. The lowest BCUT2D eigenvalue weighted by Gasteiger charge is -2.18. The maximum atomic E-state index is 10.6. The van der Waals surface area contributed by atoms with E-state index in [4.69, 9.17) is 10.2 Å². The van der Waals surface area contributed by atoms with Gasteiger partial charge in [-0.25, -0.2) is 0 Å². The normalized spacial score (nSPS) is 13.1. The number of aliphatic hydroxyl groups excluding tert-OH is 1. The van der Waals surface area contributed by atoms with Crippen molar-refractivity contribution in [1.29, 1.82) is 0 Å². The van der Waals surface area contributed by atoms with Gasteiger partial charge in [0.05, 0.1) is 5.92 Å². The SMILES string of the molecule is CC(CN(C)CCCCCCO)C(=O)O. The van der Waals surface area contributed by atoms with Gasteiger partial charge < -0.3 is 15.1 Å². The molecule has 0 aromatic carbocycles. The van der Waals surface area contributed by atoms with Crippen LogP contribution in [0.5, 0.6) is 0 Å². The van der Waals surface area contributed by atoms with Crippen molar-refractivity contribution in [2.45, 2.75) is 32.6 Å². The Morgan fingerprint density at radius 3 is 2.40 bits per heavy atom. The van der Waals surface area contributed by atoms with Crippen molar-refractivity contribution in [3.05, 3.63) is 0 Å². The Balaban J connectivity index is 3.40. The average molecular weight is 217 g/mol. The molecule has 0 spiro atoms. The number of hydrogen-bond acceptors (Lipinski definition) is 3. The van der Waals surface area contributed by atoms with Crippen LogP contribution >= 0.6 is 0 Å². The number of carbonyl (C=O) groups is 1. The fourth-order valence-corrected chi connectivity index (χ4v) is 1.48. The number of aliphatic hydroxyl groups is 1. The topological polar surface area (TPSA) is 60.8 Å². The molecule has 0 radical (unpaired) electrons. The van der Waals surface area contributed by atoms with Crippen molar-refractivity contribution in [3.63, 3.8) is 0 Å². The molecule has 0 saturated carbocycles. The third-order valence-corrected chi connectivity index (χ3v) is 2.46. The molecule has 0 aromatic heterocycles. The van der Waals surface area contributed by atoms with Gasteiger partial charge in [0, 0.05) is 13.2 Å². The molecule has 0 heterocycles. The number of carboxylic acids is 1. The van der Waals surface area contributed by atoms with E-state index in [1.807, 2.05) is 7.05 Å². The second-order valence-electron chi connectivity index (χ2n) is 4.14. The molecular weight excluding hydrogens is 194 g/mol. The van der Waals surface area contributed by atoms with Crippen molar-refractivity contribution < 1.29 is 15.0 Å². The lowest BCUT2D eigenvalue weighted by molar-refractivity contribution is -0.141. The molecule has 1 unspecified atom stereocenters. The highest BCUT2D eigenvalue weighted by Gasteiger charge is 2.12. The van der Waals surface area contributed by atoms with Crippen LogP contribution < -0.4 is 0 Å². The number of unbranched alkanes of at least 4 members (excludes halogenated alkanes) is 3. The number of carboxylic acid groups (broad SMARTS) is 1. The zero-order valence-corrected chi connectivity index (χ0v) is 9.78. The summed E-state index contributed by atoms with van der Waals surface area (Å²) in [6, 6.07) is 0. The van der Waals surface area contributed by atoms with Gasteiger partial charge in [0.25, 0.3) is 0 Å². The predicted octanol–water partition coefficient (Wildman–Crippen LogP) is 1.19. The first-order chi connectivity index (χ1) is 7.07. The molecule has 0 aromatic rings. The summed E-state index contributed by atoms with van der Waals surface area (Å²) in [5, 5.41) is 17.3. The first kappa shape index (κ1) is 14.4. The quantitative estimate of drug-likeness (QED) is 0.570. The third kappa shape index (κ3) is 8.39. The standard InChI is InChI=1S/C11H23NO3/c1-10(11(14)15)9-12(2)7-5-3-4-6-8-13/h10,13H,3-9H2,1-2H3,(H,14,15). The van der Waals surface area contributed by atoms with E-state index in [2.05, 4.69) is 4.90 Å². The molecule has 1 atom stereocenters. The molecular formula is C11H23NO3. The summed E-state index contributed by atoms with van der Waals surface area (Å²) in [5.74, 6) is -1.03. The van der Waals surface area contributed by atoms with Crippen molar-refractivity contribution >= 4 is 5.97 Å². The van der Waals surface area contributed by atoms with Crippen LogP contribution in [-0.4, -0.2) is 47.8 Å². The molecule has 0 amide bonds. The van der Waals surface area contributed by atoms with Gasteiger partial charge in [-0.15, -0.1) is 0 Å². The van der Waals surface area contributed by atoms with Gasteiger partial charge >= 0.3 is 5.97 Å². The molecule has 0 fully saturated rings. The van der Waals surface area contributed by atoms with Gasteiger partial charge in [0.1, 0.15) is 0 Å². The van der Waals surface area contributed by atoms with Crippen LogP contribution in [0.25, 0.3) is 0 Å². The van der Waals surface area contributed by atoms with E-state index >= 15 is 0 Å². The van der Waals surface area contributed by atoms with Gasteiger partial charge in [-0.2, -0.15) is 0 Å². The fourth-order valence-electron chi connectivity index (χ4n) is 1.48. The van der Waals surface area contributed by atoms with Crippen LogP contribution in [0.4, 0.5) is 0 Å². The first-order valence-electron chi connectivity index (χ1n) is 5.60. The van der Waals surface area contributed by atoms with Gasteiger partial charge in [0.15, 0.2) is 0 Å². The number of nitrogens with zero attached hydrogens (tertiary/aromatic N) is 1. The molecule has 0 rings (SSSR count). The number of aliphatic carboxylic acids is 1. The largest absolute Gasteiger partial charge is 0.481 e. The van der Waals surface area contributed by atoms with Gasteiger partial charge in [-0.1, -0.05) is 19.8 Å². The van der Waals surface area contributed by atoms with E-state index in [-0.39, 0.29) is 12.5 Å². The van der Waals surface area contributed by atoms with E-state index in [0.717, 1.165) is 32.2 Å². The highest BCUT2D eigenvalue weighted by molar-refractivity contribution is 5.69. The Labute approximate surface area is 91.9 Å². The maximum absolute atomic E-state index is 10.6. The van der Waals surface area contributed by atoms with Crippen LogP contribution in [0.3, 0.4) is 0 Å². The molecule has 0 aliphatic carbocycles. The summed E-state index contributed by atoms with van der Waals surface area (Å²) in [5.41, 5.74) is 0. The fraction of sp³-hybridized carbons (Fsp3) is 0.909. The minimum atomic E-state index is -0.734.